The minimum Gasteiger partial charge on any atom is -0.489 e. The molecule has 1 amide bonds. The van der Waals surface area contributed by atoms with Crippen molar-refractivity contribution in [2.24, 2.45) is 5.10 Å². The first kappa shape index (κ1) is 16.5. The van der Waals surface area contributed by atoms with E-state index in [9.17, 15) is 9.18 Å². The summed E-state index contributed by atoms with van der Waals surface area (Å²) in [5.74, 6) is -0.480. The molecule has 0 N–H and O–H groups in total. The van der Waals surface area contributed by atoms with Crippen LogP contribution in [0.2, 0.25) is 0 Å². The van der Waals surface area contributed by atoms with Gasteiger partial charge in [-0.2, -0.15) is 5.10 Å². The van der Waals surface area contributed by atoms with Gasteiger partial charge in [0.1, 0.15) is 29.6 Å². The normalized spacial score (nSPS) is 20.7. The molecule has 1 unspecified atom stereocenters. The van der Waals surface area contributed by atoms with Crippen molar-refractivity contribution in [1.29, 1.82) is 0 Å². The summed E-state index contributed by atoms with van der Waals surface area (Å²) >= 11 is 0. The molecular weight excluding hydrogens is 337 g/mol. The third kappa shape index (κ3) is 2.61. The summed E-state index contributed by atoms with van der Waals surface area (Å²) in [5.41, 5.74) is 1.80. The van der Waals surface area contributed by atoms with Crippen LogP contribution in [0.15, 0.2) is 53.6 Å². The lowest BCUT2D eigenvalue weighted by Gasteiger charge is -2.33. The van der Waals surface area contributed by atoms with Gasteiger partial charge in [0.05, 0.1) is 19.1 Å². The van der Waals surface area contributed by atoms with E-state index in [4.69, 9.17) is 9.57 Å². The van der Waals surface area contributed by atoms with Crippen molar-refractivity contribution in [3.63, 3.8) is 0 Å². The van der Waals surface area contributed by atoms with Gasteiger partial charge in [0.2, 0.25) is 0 Å². The highest BCUT2D eigenvalue weighted by Gasteiger charge is 2.46. The molecule has 0 saturated heterocycles. The Morgan fingerprint density at radius 1 is 1.31 bits per heavy atom. The number of carbonyl (C=O) groups excluding carboxylic acids is 1. The molecule has 0 aliphatic carbocycles. The van der Waals surface area contributed by atoms with Crippen molar-refractivity contribution in [2.45, 2.75) is 12.0 Å². The van der Waals surface area contributed by atoms with Crippen LogP contribution in [0.5, 0.6) is 5.75 Å². The first-order valence-electron chi connectivity index (χ1n) is 8.27. The van der Waals surface area contributed by atoms with Gasteiger partial charge in [0.15, 0.2) is 0 Å². The smallest absolute Gasteiger partial charge is 0.294 e. The fourth-order valence-corrected chi connectivity index (χ4v) is 3.40. The SMILES string of the molecule is CON(C)C(=O)C1=NN2c3cc(F)ccc3OCC2[C@H]1c1ccccc1. The van der Waals surface area contributed by atoms with Crippen molar-refractivity contribution < 1.29 is 18.8 Å². The van der Waals surface area contributed by atoms with Crippen molar-refractivity contribution in [1.82, 2.24) is 5.06 Å². The zero-order chi connectivity index (χ0) is 18.3. The second-order valence-corrected chi connectivity index (χ2v) is 6.19. The van der Waals surface area contributed by atoms with E-state index >= 15 is 0 Å². The minimum atomic E-state index is -0.381. The van der Waals surface area contributed by atoms with Crippen LogP contribution >= 0.6 is 0 Å². The maximum absolute atomic E-state index is 13.8. The number of nitrogens with zero attached hydrogens (tertiary/aromatic N) is 3. The Labute approximate surface area is 150 Å². The highest BCUT2D eigenvalue weighted by atomic mass is 19.1. The number of hydroxylamine groups is 2. The zero-order valence-electron chi connectivity index (χ0n) is 14.4. The van der Waals surface area contributed by atoms with Crippen LogP contribution in [0.1, 0.15) is 11.5 Å². The molecule has 2 aliphatic rings. The maximum Gasteiger partial charge on any atom is 0.294 e. The standard InChI is InChI=1S/C19H18FN3O3/c1-22(25-2)19(24)18-17(12-6-4-3-5-7-12)15-11-26-16-9-8-13(20)10-14(16)23(15)21-18/h3-10,15,17H,11H2,1-2H3/t15?,17-/m1/s1. The Kier molecular flexibility index (Phi) is 4.08. The summed E-state index contributed by atoms with van der Waals surface area (Å²) in [5, 5.41) is 7.38. The quantitative estimate of drug-likeness (QED) is 0.794. The van der Waals surface area contributed by atoms with Crippen molar-refractivity contribution in [3.05, 3.63) is 59.9 Å². The largest absolute Gasteiger partial charge is 0.489 e. The Morgan fingerprint density at radius 2 is 2.08 bits per heavy atom. The number of rotatable bonds is 3. The third-order valence-corrected chi connectivity index (χ3v) is 4.72. The van der Waals surface area contributed by atoms with Crippen LogP contribution in [0.3, 0.4) is 0 Å². The van der Waals surface area contributed by atoms with E-state index in [-0.39, 0.29) is 23.7 Å². The van der Waals surface area contributed by atoms with Crippen LogP contribution in [0.4, 0.5) is 10.1 Å². The molecule has 0 spiro atoms. The van der Waals surface area contributed by atoms with Gasteiger partial charge in [0.25, 0.3) is 5.91 Å². The van der Waals surface area contributed by atoms with Gasteiger partial charge in [0, 0.05) is 13.1 Å². The monoisotopic (exact) mass is 355 g/mol. The number of ether oxygens (including phenoxy) is 1. The van der Waals surface area contributed by atoms with Crippen LogP contribution in [0.25, 0.3) is 0 Å². The first-order chi connectivity index (χ1) is 12.6. The molecule has 0 aromatic heterocycles. The number of hydrogen-bond acceptors (Lipinski definition) is 5. The number of hydrazone groups is 1. The molecule has 2 aromatic carbocycles. The number of carbonyl (C=O) groups is 1. The predicted octanol–water partition coefficient (Wildman–Crippen LogP) is 2.57. The van der Waals surface area contributed by atoms with Crippen molar-refractivity contribution in [3.8, 4) is 5.75 Å². The van der Waals surface area contributed by atoms with E-state index in [0.717, 1.165) is 10.6 Å². The Morgan fingerprint density at radius 3 is 2.81 bits per heavy atom. The average Bonchev–Trinajstić information content (AvgIpc) is 3.07. The summed E-state index contributed by atoms with van der Waals surface area (Å²) in [6, 6.07) is 13.7. The molecule has 0 saturated carbocycles. The Balaban J connectivity index is 1.82. The number of fused-ring (bicyclic) bond motifs is 3. The van der Waals surface area contributed by atoms with Crippen molar-refractivity contribution in [2.75, 3.05) is 25.8 Å². The second-order valence-electron chi connectivity index (χ2n) is 6.19. The fourth-order valence-electron chi connectivity index (χ4n) is 3.40. The van der Waals surface area contributed by atoms with Gasteiger partial charge in [-0.25, -0.2) is 9.45 Å². The van der Waals surface area contributed by atoms with Gasteiger partial charge < -0.3 is 4.74 Å². The number of hydrogen-bond donors (Lipinski definition) is 0. The number of anilines is 1. The van der Waals surface area contributed by atoms with Gasteiger partial charge >= 0.3 is 0 Å². The molecule has 2 atom stereocenters. The highest BCUT2D eigenvalue weighted by Crippen LogP contribution is 2.43. The van der Waals surface area contributed by atoms with E-state index in [1.807, 2.05) is 30.3 Å². The summed E-state index contributed by atoms with van der Waals surface area (Å²) in [6.45, 7) is 0.342. The highest BCUT2D eigenvalue weighted by molar-refractivity contribution is 6.41. The summed E-state index contributed by atoms with van der Waals surface area (Å²) in [4.78, 5) is 17.9. The lowest BCUT2D eigenvalue weighted by molar-refractivity contribution is -0.160. The summed E-state index contributed by atoms with van der Waals surface area (Å²) in [6.07, 6.45) is 0. The average molecular weight is 355 g/mol. The van der Waals surface area contributed by atoms with Gasteiger partial charge in [-0.1, -0.05) is 30.3 Å². The van der Waals surface area contributed by atoms with E-state index in [2.05, 4.69) is 5.10 Å². The number of halogens is 1. The molecule has 134 valence electrons. The van der Waals surface area contributed by atoms with Gasteiger partial charge in [-0.3, -0.25) is 14.6 Å². The molecule has 26 heavy (non-hydrogen) atoms. The molecule has 7 heteroatoms. The lowest BCUT2D eigenvalue weighted by Crippen LogP contribution is -2.42. The molecule has 2 aliphatic heterocycles. The zero-order valence-corrected chi connectivity index (χ0v) is 14.4. The molecule has 0 fully saturated rings. The van der Waals surface area contributed by atoms with Crippen LogP contribution in [-0.4, -0.2) is 43.5 Å². The van der Waals surface area contributed by atoms with Gasteiger partial charge in [-0.05, 0) is 17.7 Å². The lowest BCUT2D eigenvalue weighted by atomic mass is 9.87. The fraction of sp³-hybridized carbons (Fsp3) is 0.263. The van der Waals surface area contributed by atoms with Crippen LogP contribution < -0.4 is 9.75 Å². The molecule has 0 bridgehead atoms. The minimum absolute atomic E-state index is 0.240. The Hall–Kier alpha value is -2.93. The number of benzene rings is 2. The second kappa shape index (κ2) is 6.42. The van der Waals surface area contributed by atoms with Gasteiger partial charge in [-0.15, -0.1) is 0 Å². The Bertz CT molecular complexity index is 872. The molecular formula is C19H18FN3O3. The number of amides is 1. The van der Waals surface area contributed by atoms with E-state index < -0.39 is 0 Å². The van der Waals surface area contributed by atoms with E-state index in [1.54, 1.807) is 11.1 Å². The summed E-state index contributed by atoms with van der Waals surface area (Å²) < 4.78 is 19.6. The molecule has 6 nitrogen and oxygen atoms in total. The molecule has 4 rings (SSSR count). The van der Waals surface area contributed by atoms with Crippen LogP contribution in [0, 0.1) is 5.82 Å². The first-order valence-corrected chi connectivity index (χ1v) is 8.27. The third-order valence-electron chi connectivity index (χ3n) is 4.72. The molecule has 0 radical (unpaired) electrons. The molecule has 2 heterocycles. The molecule has 2 aromatic rings. The van der Waals surface area contributed by atoms with E-state index in [1.165, 1.54) is 26.3 Å². The maximum atomic E-state index is 13.8. The van der Waals surface area contributed by atoms with Crippen LogP contribution in [-0.2, 0) is 9.63 Å². The predicted molar refractivity (Wildman–Crippen MR) is 94.6 cm³/mol. The van der Waals surface area contributed by atoms with E-state index in [0.29, 0.717) is 23.8 Å². The summed E-state index contributed by atoms with van der Waals surface area (Å²) in [7, 11) is 2.96. The topological polar surface area (TPSA) is 54.4 Å². The van der Waals surface area contributed by atoms with Crippen molar-refractivity contribution >= 4 is 17.3 Å².